The van der Waals surface area contributed by atoms with Crippen molar-refractivity contribution in [3.05, 3.63) is 82.9 Å². The molecule has 0 spiro atoms. The van der Waals surface area contributed by atoms with Crippen LogP contribution in [0.1, 0.15) is 30.7 Å². The number of allylic oxidation sites excluding steroid dienone is 3. The van der Waals surface area contributed by atoms with E-state index in [0.29, 0.717) is 29.7 Å². The van der Waals surface area contributed by atoms with Crippen molar-refractivity contribution in [1.82, 2.24) is 4.98 Å². The van der Waals surface area contributed by atoms with Crippen LogP contribution in [0.3, 0.4) is 0 Å². The first-order valence-corrected chi connectivity index (χ1v) is 9.69. The summed E-state index contributed by atoms with van der Waals surface area (Å²) < 4.78 is 5.73. The molecule has 29 heavy (non-hydrogen) atoms. The highest BCUT2D eigenvalue weighted by molar-refractivity contribution is 6.02. The Morgan fingerprint density at radius 3 is 2.62 bits per heavy atom. The molecular weight excluding hydrogens is 362 g/mol. The number of ketones is 1. The number of nitriles is 1. The molecule has 2 aromatic carbocycles. The lowest BCUT2D eigenvalue weighted by Gasteiger charge is -2.31. The number of hydrogen-bond donors (Lipinski definition) is 2. The van der Waals surface area contributed by atoms with Crippen molar-refractivity contribution in [3.8, 4) is 17.3 Å². The molecule has 0 fully saturated rings. The third-order valence-corrected chi connectivity index (χ3v) is 5.70. The maximum atomic E-state index is 13.0. The molecule has 5 heteroatoms. The van der Waals surface area contributed by atoms with E-state index in [2.05, 4.69) is 11.1 Å². The first-order valence-electron chi connectivity index (χ1n) is 9.69. The van der Waals surface area contributed by atoms with Crippen molar-refractivity contribution in [3.63, 3.8) is 0 Å². The topological polar surface area (TPSA) is 91.9 Å². The molecule has 1 aromatic heterocycles. The summed E-state index contributed by atoms with van der Waals surface area (Å²) in [6.45, 7) is 0. The Kier molecular flexibility index (Phi) is 3.99. The fourth-order valence-corrected chi connectivity index (χ4v) is 4.44. The van der Waals surface area contributed by atoms with Gasteiger partial charge in [0.05, 0.1) is 11.6 Å². The number of rotatable bonds is 2. The highest BCUT2D eigenvalue weighted by Crippen LogP contribution is 2.48. The van der Waals surface area contributed by atoms with E-state index in [1.165, 1.54) is 0 Å². The monoisotopic (exact) mass is 381 g/mol. The van der Waals surface area contributed by atoms with Gasteiger partial charge in [-0.05, 0) is 23.6 Å². The zero-order valence-electron chi connectivity index (χ0n) is 15.7. The van der Waals surface area contributed by atoms with Crippen LogP contribution in [0.25, 0.3) is 22.2 Å². The van der Waals surface area contributed by atoms with E-state index in [9.17, 15) is 10.1 Å². The Bertz CT molecular complexity index is 1240. The molecule has 3 N–H and O–H groups in total. The van der Waals surface area contributed by atoms with E-state index in [1.807, 2.05) is 54.6 Å². The molecular formula is C24H19N3O2. The number of H-pyrrole nitrogens is 1. The molecule has 1 unspecified atom stereocenters. The van der Waals surface area contributed by atoms with Crippen LogP contribution in [0, 0.1) is 11.3 Å². The predicted molar refractivity (Wildman–Crippen MR) is 110 cm³/mol. The van der Waals surface area contributed by atoms with E-state index < -0.39 is 5.92 Å². The smallest absolute Gasteiger partial charge is 0.205 e. The summed E-state index contributed by atoms with van der Waals surface area (Å²) in [5.74, 6) is 0.186. The number of benzene rings is 2. The van der Waals surface area contributed by atoms with E-state index in [-0.39, 0.29) is 11.7 Å². The Morgan fingerprint density at radius 1 is 1.07 bits per heavy atom. The van der Waals surface area contributed by atoms with Crippen molar-refractivity contribution in [1.29, 1.82) is 5.26 Å². The molecule has 1 aliphatic heterocycles. The zero-order chi connectivity index (χ0) is 20.0. The molecule has 0 amide bonds. The number of nitrogens with zero attached hydrogens (tertiary/aromatic N) is 1. The second kappa shape index (κ2) is 6.68. The molecule has 1 atom stereocenters. The number of nitrogens with one attached hydrogen (secondary N) is 1. The standard InChI is InChI=1S/C24H19N3O2/c25-13-16-20(22-18(28)11-6-12-19(22)29-24(16)26)21-15-9-4-5-10-17(15)27-23(21)14-7-2-1-3-8-14/h1-5,7-10,20,27H,6,11-12,26H2. The Labute approximate surface area is 168 Å². The molecule has 5 rings (SSSR count). The second-order valence-electron chi connectivity index (χ2n) is 7.36. The second-order valence-corrected chi connectivity index (χ2v) is 7.36. The van der Waals surface area contributed by atoms with Crippen LogP contribution in [0.2, 0.25) is 0 Å². The van der Waals surface area contributed by atoms with Crippen molar-refractivity contribution in [2.45, 2.75) is 25.2 Å². The van der Waals surface area contributed by atoms with Crippen LogP contribution in [-0.2, 0) is 9.53 Å². The van der Waals surface area contributed by atoms with Crippen molar-refractivity contribution < 1.29 is 9.53 Å². The van der Waals surface area contributed by atoms with Gasteiger partial charge in [0.2, 0.25) is 5.88 Å². The maximum absolute atomic E-state index is 13.0. The average Bonchev–Trinajstić information content (AvgIpc) is 3.13. The summed E-state index contributed by atoms with van der Waals surface area (Å²) in [7, 11) is 0. The van der Waals surface area contributed by atoms with Gasteiger partial charge >= 0.3 is 0 Å². The lowest BCUT2D eigenvalue weighted by molar-refractivity contribution is -0.116. The molecule has 3 aromatic rings. The van der Waals surface area contributed by atoms with Crippen LogP contribution in [0.4, 0.5) is 0 Å². The fourth-order valence-electron chi connectivity index (χ4n) is 4.44. The minimum atomic E-state index is -0.539. The van der Waals surface area contributed by atoms with Crippen molar-refractivity contribution in [2.75, 3.05) is 0 Å². The van der Waals surface area contributed by atoms with Gasteiger partial charge in [0.1, 0.15) is 17.4 Å². The number of aromatic nitrogens is 1. The normalized spacial score (nSPS) is 19.1. The molecule has 0 saturated carbocycles. The average molecular weight is 381 g/mol. The number of ether oxygens (including phenoxy) is 1. The van der Waals surface area contributed by atoms with Crippen LogP contribution in [0.5, 0.6) is 0 Å². The number of carbonyl (C=O) groups is 1. The predicted octanol–water partition coefficient (Wildman–Crippen LogP) is 4.65. The third kappa shape index (κ3) is 2.65. The van der Waals surface area contributed by atoms with Crippen LogP contribution in [-0.4, -0.2) is 10.8 Å². The summed E-state index contributed by atoms with van der Waals surface area (Å²) in [6, 6.07) is 20.1. The number of Topliss-reactive ketones (excluding diaryl/α,β-unsaturated/α-hetero) is 1. The third-order valence-electron chi connectivity index (χ3n) is 5.70. The van der Waals surface area contributed by atoms with Gasteiger partial charge in [0.15, 0.2) is 5.78 Å². The summed E-state index contributed by atoms with van der Waals surface area (Å²) >= 11 is 0. The fraction of sp³-hybridized carbons (Fsp3) is 0.167. The van der Waals surface area contributed by atoms with Crippen LogP contribution < -0.4 is 5.73 Å². The lowest BCUT2D eigenvalue weighted by Crippen LogP contribution is -2.27. The Hall–Kier alpha value is -3.78. The molecule has 2 heterocycles. The summed E-state index contributed by atoms with van der Waals surface area (Å²) in [5, 5.41) is 10.9. The van der Waals surface area contributed by atoms with Crippen molar-refractivity contribution in [2.24, 2.45) is 5.73 Å². The van der Waals surface area contributed by atoms with E-state index in [1.54, 1.807) is 0 Å². The van der Waals surface area contributed by atoms with E-state index >= 15 is 0 Å². The number of fused-ring (bicyclic) bond motifs is 1. The maximum Gasteiger partial charge on any atom is 0.205 e. The lowest BCUT2D eigenvalue weighted by atomic mass is 9.76. The summed E-state index contributed by atoms with van der Waals surface area (Å²) in [5.41, 5.74) is 10.8. The van der Waals surface area contributed by atoms with Gasteiger partial charge in [0.25, 0.3) is 0 Å². The highest BCUT2D eigenvalue weighted by Gasteiger charge is 2.40. The minimum absolute atomic E-state index is 0.0285. The first-order chi connectivity index (χ1) is 14.2. The van der Waals surface area contributed by atoms with Gasteiger partial charge in [-0.1, -0.05) is 48.5 Å². The number of hydrogen-bond acceptors (Lipinski definition) is 4. The van der Waals surface area contributed by atoms with Crippen molar-refractivity contribution >= 4 is 16.7 Å². The summed E-state index contributed by atoms with van der Waals surface area (Å²) in [6.07, 6.45) is 1.85. The number of para-hydroxylation sites is 1. The molecule has 0 saturated heterocycles. The molecule has 1 aliphatic carbocycles. The molecule has 5 nitrogen and oxygen atoms in total. The van der Waals surface area contributed by atoms with Gasteiger partial charge in [0, 0.05) is 29.3 Å². The Balaban J connectivity index is 1.86. The number of aromatic amines is 1. The molecule has 0 radical (unpaired) electrons. The SMILES string of the molecule is N#CC1=C(N)OC2=C(C(=O)CCC2)C1c1c(-c2ccccc2)[nH]c2ccccc12. The Morgan fingerprint density at radius 2 is 1.83 bits per heavy atom. The molecule has 2 aliphatic rings. The largest absolute Gasteiger partial charge is 0.444 e. The van der Waals surface area contributed by atoms with Crippen LogP contribution >= 0.6 is 0 Å². The van der Waals surface area contributed by atoms with Gasteiger partial charge in [-0.3, -0.25) is 4.79 Å². The first kappa shape index (κ1) is 17.3. The van der Waals surface area contributed by atoms with E-state index in [4.69, 9.17) is 10.5 Å². The van der Waals surface area contributed by atoms with Gasteiger partial charge in [-0.25, -0.2) is 0 Å². The quantitative estimate of drug-likeness (QED) is 0.676. The van der Waals surface area contributed by atoms with Crippen LogP contribution in [0.15, 0.2) is 77.4 Å². The van der Waals surface area contributed by atoms with Gasteiger partial charge < -0.3 is 15.5 Å². The minimum Gasteiger partial charge on any atom is -0.444 e. The highest BCUT2D eigenvalue weighted by atomic mass is 16.5. The summed E-state index contributed by atoms with van der Waals surface area (Å²) in [4.78, 5) is 16.5. The number of carbonyl (C=O) groups excluding carboxylic acids is 1. The van der Waals surface area contributed by atoms with Gasteiger partial charge in [-0.2, -0.15) is 5.26 Å². The van der Waals surface area contributed by atoms with Gasteiger partial charge in [-0.15, -0.1) is 0 Å². The molecule has 142 valence electrons. The molecule has 0 bridgehead atoms. The van der Waals surface area contributed by atoms with E-state index in [0.717, 1.165) is 34.1 Å². The zero-order valence-corrected chi connectivity index (χ0v) is 15.7. The number of nitrogens with two attached hydrogens (primary N) is 1.